The summed E-state index contributed by atoms with van der Waals surface area (Å²) >= 11 is 0. The van der Waals surface area contributed by atoms with Crippen molar-refractivity contribution in [3.05, 3.63) is 28.3 Å². The molecule has 0 amide bonds. The van der Waals surface area contributed by atoms with Gasteiger partial charge in [0.15, 0.2) is 0 Å². The molecule has 2 aliphatic rings. The zero-order valence-corrected chi connectivity index (χ0v) is 15.7. The number of sulfonamides is 1. The molecule has 3 rings (SSSR count). The summed E-state index contributed by atoms with van der Waals surface area (Å²) in [6, 6.07) is 4.23. The van der Waals surface area contributed by atoms with Gasteiger partial charge < -0.3 is 14.5 Å². The summed E-state index contributed by atoms with van der Waals surface area (Å²) < 4.78 is 32.1. The summed E-state index contributed by atoms with van der Waals surface area (Å²) in [6.07, 6.45) is 0.904. The van der Waals surface area contributed by atoms with E-state index < -0.39 is 14.9 Å². The van der Waals surface area contributed by atoms with Crippen molar-refractivity contribution >= 4 is 21.4 Å². The van der Waals surface area contributed by atoms with Crippen LogP contribution in [-0.2, 0) is 14.8 Å². The number of hydrogen-bond acceptors (Lipinski definition) is 7. The lowest BCUT2D eigenvalue weighted by molar-refractivity contribution is -0.384. The van der Waals surface area contributed by atoms with Crippen LogP contribution in [0.3, 0.4) is 0 Å². The van der Waals surface area contributed by atoms with Crippen LogP contribution in [0.15, 0.2) is 23.1 Å². The van der Waals surface area contributed by atoms with Gasteiger partial charge in [-0.3, -0.25) is 10.1 Å². The number of ether oxygens (including phenoxy) is 1. The number of nitro benzene ring substituents is 1. The van der Waals surface area contributed by atoms with Crippen LogP contribution in [0.25, 0.3) is 0 Å². The van der Waals surface area contributed by atoms with Gasteiger partial charge in [-0.2, -0.15) is 4.31 Å². The highest BCUT2D eigenvalue weighted by Gasteiger charge is 2.30. The second kappa shape index (κ2) is 7.87. The molecule has 26 heavy (non-hydrogen) atoms. The Kier molecular flexibility index (Phi) is 5.76. The Morgan fingerprint density at radius 2 is 1.81 bits per heavy atom. The Bertz CT molecular complexity index is 764. The zero-order chi connectivity index (χ0) is 18.7. The molecule has 2 aliphatic heterocycles. The van der Waals surface area contributed by atoms with E-state index in [1.165, 1.54) is 16.4 Å². The van der Waals surface area contributed by atoms with E-state index in [0.717, 1.165) is 19.5 Å². The molecule has 1 aromatic carbocycles. The lowest BCUT2D eigenvalue weighted by atomic mass is 10.2. The first-order valence-electron chi connectivity index (χ1n) is 8.69. The van der Waals surface area contributed by atoms with E-state index >= 15 is 0 Å². The van der Waals surface area contributed by atoms with Crippen molar-refractivity contribution in [2.75, 3.05) is 64.4 Å². The molecular formula is C16H24N4O5S. The van der Waals surface area contributed by atoms with Gasteiger partial charge >= 0.3 is 0 Å². The third-order valence-corrected chi connectivity index (χ3v) is 6.71. The lowest BCUT2D eigenvalue weighted by Gasteiger charge is -2.26. The highest BCUT2D eigenvalue weighted by atomic mass is 32.2. The van der Waals surface area contributed by atoms with E-state index in [4.69, 9.17) is 4.74 Å². The van der Waals surface area contributed by atoms with Crippen molar-refractivity contribution in [2.24, 2.45) is 0 Å². The standard InChI is InChI=1S/C16H24N4O5S/c1-17-5-2-6-18(8-7-17)15-4-3-14(13-16(15)20(21)22)26(23,24)19-9-11-25-12-10-19/h3-4,13H,2,5-12H2,1H3. The van der Waals surface area contributed by atoms with Crippen LogP contribution in [-0.4, -0.2) is 82.1 Å². The minimum Gasteiger partial charge on any atom is -0.379 e. The van der Waals surface area contributed by atoms with Crippen molar-refractivity contribution in [3.63, 3.8) is 0 Å². The maximum Gasteiger partial charge on any atom is 0.293 e. The summed E-state index contributed by atoms with van der Waals surface area (Å²) in [5.41, 5.74) is 0.315. The SMILES string of the molecule is CN1CCCN(c2ccc(S(=O)(=O)N3CCOCC3)cc2[N+](=O)[O-])CC1. The van der Waals surface area contributed by atoms with Crippen LogP contribution < -0.4 is 4.90 Å². The average molecular weight is 384 g/mol. The van der Waals surface area contributed by atoms with Gasteiger partial charge in [0.05, 0.1) is 23.0 Å². The largest absolute Gasteiger partial charge is 0.379 e. The fourth-order valence-corrected chi connectivity index (χ4v) is 4.73. The monoisotopic (exact) mass is 384 g/mol. The maximum atomic E-state index is 12.8. The van der Waals surface area contributed by atoms with Gasteiger partial charge in [-0.05, 0) is 32.1 Å². The summed E-state index contributed by atoms with van der Waals surface area (Å²) in [5, 5.41) is 11.6. The zero-order valence-electron chi connectivity index (χ0n) is 14.8. The number of likely N-dealkylation sites (N-methyl/N-ethyl adjacent to an activating group) is 1. The highest BCUT2D eigenvalue weighted by Crippen LogP contribution is 2.32. The number of benzene rings is 1. The van der Waals surface area contributed by atoms with Gasteiger partial charge in [0, 0.05) is 38.8 Å². The molecule has 9 nitrogen and oxygen atoms in total. The Hall–Kier alpha value is -1.75. The van der Waals surface area contributed by atoms with E-state index in [0.29, 0.717) is 32.0 Å². The first kappa shape index (κ1) is 19.0. The molecule has 0 unspecified atom stereocenters. The van der Waals surface area contributed by atoms with Crippen molar-refractivity contribution in [3.8, 4) is 0 Å². The minimum atomic E-state index is -3.76. The highest BCUT2D eigenvalue weighted by molar-refractivity contribution is 7.89. The van der Waals surface area contributed by atoms with Crippen molar-refractivity contribution in [2.45, 2.75) is 11.3 Å². The molecule has 2 heterocycles. The van der Waals surface area contributed by atoms with Gasteiger partial charge in [-0.15, -0.1) is 0 Å². The number of morpholine rings is 1. The van der Waals surface area contributed by atoms with Gasteiger partial charge in [-0.1, -0.05) is 0 Å². The summed E-state index contributed by atoms with van der Waals surface area (Å²) in [5.74, 6) is 0. The number of nitrogens with zero attached hydrogens (tertiary/aromatic N) is 4. The molecule has 1 aromatic rings. The maximum absolute atomic E-state index is 12.8. The molecule has 0 spiro atoms. The minimum absolute atomic E-state index is 0.0400. The smallest absolute Gasteiger partial charge is 0.293 e. The molecule has 0 N–H and O–H groups in total. The normalized spacial score (nSPS) is 20.7. The first-order valence-corrected chi connectivity index (χ1v) is 10.1. The molecule has 0 atom stereocenters. The topological polar surface area (TPSA) is 96.2 Å². The number of hydrogen-bond donors (Lipinski definition) is 0. The lowest BCUT2D eigenvalue weighted by Crippen LogP contribution is -2.40. The first-order chi connectivity index (χ1) is 12.4. The molecule has 2 fully saturated rings. The quantitative estimate of drug-likeness (QED) is 0.558. The number of nitro groups is 1. The Labute approximate surface area is 153 Å². The molecule has 0 aliphatic carbocycles. The third-order valence-electron chi connectivity index (χ3n) is 4.81. The van der Waals surface area contributed by atoms with E-state index in [1.807, 2.05) is 11.9 Å². The van der Waals surface area contributed by atoms with Gasteiger partial charge in [0.2, 0.25) is 10.0 Å². The van der Waals surface area contributed by atoms with Crippen LogP contribution in [0.5, 0.6) is 0 Å². The summed E-state index contributed by atoms with van der Waals surface area (Å²) in [7, 11) is -1.74. The Morgan fingerprint density at radius 1 is 1.08 bits per heavy atom. The fourth-order valence-electron chi connectivity index (χ4n) is 3.30. The second-order valence-corrected chi connectivity index (χ2v) is 8.51. The van der Waals surface area contributed by atoms with Gasteiger partial charge in [-0.25, -0.2) is 8.42 Å². The van der Waals surface area contributed by atoms with E-state index in [9.17, 15) is 18.5 Å². The predicted octanol–water partition coefficient (Wildman–Crippen LogP) is 0.758. The Balaban J connectivity index is 1.93. The molecule has 0 saturated carbocycles. The van der Waals surface area contributed by atoms with Crippen LogP contribution in [0.2, 0.25) is 0 Å². The van der Waals surface area contributed by atoms with Crippen LogP contribution in [0.1, 0.15) is 6.42 Å². The second-order valence-electron chi connectivity index (χ2n) is 6.57. The molecule has 2 saturated heterocycles. The molecular weight excluding hydrogens is 360 g/mol. The molecule has 0 aromatic heterocycles. The number of rotatable bonds is 4. The van der Waals surface area contributed by atoms with E-state index in [2.05, 4.69) is 4.90 Å². The van der Waals surface area contributed by atoms with Crippen LogP contribution in [0.4, 0.5) is 11.4 Å². The Morgan fingerprint density at radius 3 is 2.50 bits per heavy atom. The molecule has 144 valence electrons. The van der Waals surface area contributed by atoms with Gasteiger partial charge in [0.1, 0.15) is 5.69 Å². The average Bonchev–Trinajstić information content (AvgIpc) is 2.86. The fraction of sp³-hybridized carbons (Fsp3) is 0.625. The van der Waals surface area contributed by atoms with Crippen molar-refractivity contribution in [1.29, 1.82) is 0 Å². The van der Waals surface area contributed by atoms with Crippen LogP contribution in [0, 0.1) is 10.1 Å². The number of anilines is 1. The van der Waals surface area contributed by atoms with Crippen molar-refractivity contribution < 1.29 is 18.1 Å². The third kappa shape index (κ3) is 3.98. The molecule has 0 radical (unpaired) electrons. The summed E-state index contributed by atoms with van der Waals surface area (Å²) in [4.78, 5) is 15.2. The summed E-state index contributed by atoms with van der Waals surface area (Å²) in [6.45, 7) is 4.32. The molecule has 0 bridgehead atoms. The molecule has 10 heteroatoms. The van der Waals surface area contributed by atoms with E-state index in [-0.39, 0.29) is 23.7 Å². The van der Waals surface area contributed by atoms with Gasteiger partial charge in [0.25, 0.3) is 5.69 Å². The predicted molar refractivity (Wildman–Crippen MR) is 97.0 cm³/mol. The van der Waals surface area contributed by atoms with Crippen LogP contribution >= 0.6 is 0 Å². The van der Waals surface area contributed by atoms with E-state index in [1.54, 1.807) is 6.07 Å². The van der Waals surface area contributed by atoms with Crippen molar-refractivity contribution in [1.82, 2.24) is 9.21 Å².